The van der Waals surface area contributed by atoms with Gasteiger partial charge >= 0.3 is 0 Å². The SMILES string of the molecule is COc1nccnc1OC1CCN(C(=O)c2c(-c3ccccc3Cl)noc2C)C1. The molecule has 2 aromatic heterocycles. The number of aromatic nitrogens is 3. The number of hydrogen-bond donors (Lipinski definition) is 0. The van der Waals surface area contributed by atoms with Gasteiger partial charge in [0.05, 0.1) is 18.7 Å². The molecule has 1 aliphatic rings. The summed E-state index contributed by atoms with van der Waals surface area (Å²) in [5.41, 5.74) is 1.51. The summed E-state index contributed by atoms with van der Waals surface area (Å²) < 4.78 is 16.4. The fraction of sp³-hybridized carbons (Fsp3) is 0.300. The van der Waals surface area contributed by atoms with E-state index in [9.17, 15) is 4.79 Å². The van der Waals surface area contributed by atoms with Crippen LogP contribution < -0.4 is 9.47 Å². The number of rotatable bonds is 5. The molecular formula is C20H19ClN4O4. The summed E-state index contributed by atoms with van der Waals surface area (Å²) in [4.78, 5) is 23.2. The highest BCUT2D eigenvalue weighted by Gasteiger charge is 2.33. The number of halogens is 1. The zero-order valence-corrected chi connectivity index (χ0v) is 16.7. The van der Waals surface area contributed by atoms with Crippen molar-refractivity contribution in [2.45, 2.75) is 19.4 Å². The molecule has 1 saturated heterocycles. The van der Waals surface area contributed by atoms with Gasteiger partial charge in [-0.1, -0.05) is 35.0 Å². The molecule has 9 heteroatoms. The number of carbonyl (C=O) groups excluding carboxylic acids is 1. The van der Waals surface area contributed by atoms with E-state index in [-0.39, 0.29) is 12.0 Å². The molecule has 1 aliphatic heterocycles. The third-order valence-electron chi connectivity index (χ3n) is 4.74. The van der Waals surface area contributed by atoms with Crippen LogP contribution in [0.1, 0.15) is 22.5 Å². The number of likely N-dealkylation sites (tertiary alicyclic amines) is 1. The van der Waals surface area contributed by atoms with Crippen LogP contribution in [0.2, 0.25) is 5.02 Å². The molecular weight excluding hydrogens is 396 g/mol. The van der Waals surface area contributed by atoms with Gasteiger partial charge in [-0.15, -0.1) is 0 Å². The van der Waals surface area contributed by atoms with E-state index < -0.39 is 0 Å². The van der Waals surface area contributed by atoms with E-state index in [0.29, 0.717) is 58.9 Å². The van der Waals surface area contributed by atoms with Crippen LogP contribution in [0.5, 0.6) is 11.8 Å². The topological polar surface area (TPSA) is 90.6 Å². The Hall–Kier alpha value is -3.13. The largest absolute Gasteiger partial charge is 0.477 e. The summed E-state index contributed by atoms with van der Waals surface area (Å²) in [7, 11) is 1.51. The van der Waals surface area contributed by atoms with Crippen molar-refractivity contribution in [1.29, 1.82) is 0 Å². The third kappa shape index (κ3) is 3.75. The first-order chi connectivity index (χ1) is 14.1. The van der Waals surface area contributed by atoms with Gasteiger partial charge in [0.2, 0.25) is 0 Å². The lowest BCUT2D eigenvalue weighted by Crippen LogP contribution is -2.31. The second-order valence-electron chi connectivity index (χ2n) is 6.59. The second-order valence-corrected chi connectivity index (χ2v) is 7.00. The van der Waals surface area contributed by atoms with Gasteiger partial charge in [0.25, 0.3) is 17.7 Å². The number of hydrogen-bond acceptors (Lipinski definition) is 7. The molecule has 1 unspecified atom stereocenters. The Morgan fingerprint density at radius 1 is 1.24 bits per heavy atom. The van der Waals surface area contributed by atoms with E-state index in [4.69, 9.17) is 25.6 Å². The minimum Gasteiger partial charge on any atom is -0.477 e. The average molecular weight is 415 g/mol. The Kier molecular flexibility index (Phi) is 5.35. The Balaban J connectivity index is 1.53. The van der Waals surface area contributed by atoms with Crippen LogP contribution >= 0.6 is 11.6 Å². The number of amides is 1. The Morgan fingerprint density at radius 2 is 2.00 bits per heavy atom. The van der Waals surface area contributed by atoms with E-state index in [2.05, 4.69) is 15.1 Å². The predicted octanol–water partition coefficient (Wildman–Crippen LogP) is 3.40. The quantitative estimate of drug-likeness (QED) is 0.631. The molecule has 1 aromatic carbocycles. The summed E-state index contributed by atoms with van der Waals surface area (Å²) in [6, 6.07) is 7.23. The molecule has 0 aliphatic carbocycles. The molecule has 3 heterocycles. The molecule has 0 N–H and O–H groups in total. The maximum atomic E-state index is 13.2. The van der Waals surface area contributed by atoms with Crippen molar-refractivity contribution in [3.63, 3.8) is 0 Å². The summed E-state index contributed by atoms with van der Waals surface area (Å²) in [6.07, 6.45) is 3.51. The molecule has 0 saturated carbocycles. The van der Waals surface area contributed by atoms with Crippen LogP contribution in [0.4, 0.5) is 0 Å². The number of ether oxygens (including phenoxy) is 2. The monoisotopic (exact) mass is 414 g/mol. The van der Waals surface area contributed by atoms with Crippen LogP contribution in [0, 0.1) is 6.92 Å². The average Bonchev–Trinajstić information content (AvgIpc) is 3.35. The maximum Gasteiger partial charge on any atom is 0.278 e. The van der Waals surface area contributed by atoms with Gasteiger partial charge in [-0.2, -0.15) is 0 Å². The Bertz CT molecular complexity index is 1040. The van der Waals surface area contributed by atoms with Crippen LogP contribution in [0.15, 0.2) is 41.2 Å². The van der Waals surface area contributed by atoms with Crippen LogP contribution in [-0.2, 0) is 0 Å². The van der Waals surface area contributed by atoms with Crippen LogP contribution in [0.3, 0.4) is 0 Å². The Morgan fingerprint density at radius 3 is 2.76 bits per heavy atom. The number of benzene rings is 1. The summed E-state index contributed by atoms with van der Waals surface area (Å²) >= 11 is 6.30. The van der Waals surface area contributed by atoms with Crippen molar-refractivity contribution in [2.24, 2.45) is 0 Å². The van der Waals surface area contributed by atoms with Gasteiger partial charge in [-0.05, 0) is 13.0 Å². The van der Waals surface area contributed by atoms with Gasteiger partial charge < -0.3 is 18.9 Å². The van der Waals surface area contributed by atoms with Crippen molar-refractivity contribution in [3.05, 3.63) is 53.0 Å². The zero-order chi connectivity index (χ0) is 20.4. The first-order valence-corrected chi connectivity index (χ1v) is 9.48. The molecule has 0 spiro atoms. The molecule has 3 aromatic rings. The molecule has 4 rings (SSSR count). The normalized spacial score (nSPS) is 16.1. The molecule has 1 amide bonds. The number of nitrogens with zero attached hydrogens (tertiary/aromatic N) is 4. The summed E-state index contributed by atoms with van der Waals surface area (Å²) in [5.74, 6) is 0.904. The lowest BCUT2D eigenvalue weighted by molar-refractivity contribution is 0.0769. The minimum atomic E-state index is -0.214. The second kappa shape index (κ2) is 8.08. The third-order valence-corrected chi connectivity index (χ3v) is 5.07. The van der Waals surface area contributed by atoms with E-state index in [0.717, 1.165) is 0 Å². The van der Waals surface area contributed by atoms with E-state index in [1.165, 1.54) is 19.5 Å². The van der Waals surface area contributed by atoms with E-state index in [1.54, 1.807) is 17.9 Å². The van der Waals surface area contributed by atoms with Crippen LogP contribution in [-0.4, -0.2) is 52.2 Å². The first-order valence-electron chi connectivity index (χ1n) is 9.10. The number of aryl methyl sites for hydroxylation is 1. The molecule has 150 valence electrons. The highest BCUT2D eigenvalue weighted by Crippen LogP contribution is 2.32. The first kappa shape index (κ1) is 19.2. The number of carbonyl (C=O) groups is 1. The van der Waals surface area contributed by atoms with E-state index in [1.807, 2.05) is 18.2 Å². The summed E-state index contributed by atoms with van der Waals surface area (Å²) in [5, 5.41) is 4.58. The summed E-state index contributed by atoms with van der Waals surface area (Å²) in [6.45, 7) is 2.67. The minimum absolute atomic E-state index is 0.170. The van der Waals surface area contributed by atoms with Gasteiger partial charge in [0.15, 0.2) is 0 Å². The van der Waals surface area contributed by atoms with Crippen molar-refractivity contribution in [3.8, 4) is 23.0 Å². The molecule has 8 nitrogen and oxygen atoms in total. The van der Waals surface area contributed by atoms with E-state index >= 15 is 0 Å². The van der Waals surface area contributed by atoms with Gasteiger partial charge in [-0.25, -0.2) is 9.97 Å². The molecule has 0 bridgehead atoms. The predicted molar refractivity (Wildman–Crippen MR) is 105 cm³/mol. The van der Waals surface area contributed by atoms with Gasteiger partial charge in [0, 0.05) is 30.9 Å². The standard InChI is InChI=1S/C20H19ClN4O4/c1-12-16(17(24-29-12)14-5-3-4-6-15(14)21)20(26)25-10-7-13(11-25)28-19-18(27-2)22-8-9-23-19/h3-6,8-9,13H,7,10-11H2,1-2H3. The maximum absolute atomic E-state index is 13.2. The van der Waals surface area contributed by atoms with Crippen molar-refractivity contribution >= 4 is 17.5 Å². The van der Waals surface area contributed by atoms with Gasteiger partial charge in [0.1, 0.15) is 23.1 Å². The molecule has 1 fully saturated rings. The van der Waals surface area contributed by atoms with Crippen molar-refractivity contribution in [2.75, 3.05) is 20.2 Å². The lowest BCUT2D eigenvalue weighted by Gasteiger charge is -2.17. The van der Waals surface area contributed by atoms with Crippen LogP contribution in [0.25, 0.3) is 11.3 Å². The smallest absolute Gasteiger partial charge is 0.278 e. The molecule has 0 radical (unpaired) electrons. The Labute approximate surface area is 172 Å². The van der Waals surface area contributed by atoms with Gasteiger partial charge in [-0.3, -0.25) is 4.79 Å². The molecule has 1 atom stereocenters. The molecule has 29 heavy (non-hydrogen) atoms. The fourth-order valence-corrected chi connectivity index (χ4v) is 3.54. The van der Waals surface area contributed by atoms with Crippen molar-refractivity contribution in [1.82, 2.24) is 20.0 Å². The lowest BCUT2D eigenvalue weighted by atomic mass is 10.1. The highest BCUT2D eigenvalue weighted by molar-refractivity contribution is 6.33. The highest BCUT2D eigenvalue weighted by atomic mass is 35.5. The zero-order valence-electron chi connectivity index (χ0n) is 16.0. The number of methoxy groups -OCH3 is 1. The fourth-order valence-electron chi connectivity index (χ4n) is 3.32. The van der Waals surface area contributed by atoms with Crippen molar-refractivity contribution < 1.29 is 18.8 Å².